The van der Waals surface area contributed by atoms with E-state index in [1.165, 1.54) is 18.5 Å². The number of halogens is 4. The lowest BCUT2D eigenvalue weighted by atomic mass is 10.0. The molecule has 0 unspecified atom stereocenters. The number of pyridine rings is 1. The second kappa shape index (κ2) is 10.3. The van der Waals surface area contributed by atoms with Gasteiger partial charge >= 0.3 is 11.4 Å². The van der Waals surface area contributed by atoms with Crippen molar-refractivity contribution in [2.45, 2.75) is 19.9 Å². The van der Waals surface area contributed by atoms with Crippen molar-refractivity contribution in [3.63, 3.8) is 0 Å². The lowest BCUT2D eigenvalue weighted by molar-refractivity contribution is 0.149. The quantitative estimate of drug-likeness (QED) is 0.323. The van der Waals surface area contributed by atoms with Crippen LogP contribution in [0.1, 0.15) is 28.7 Å². The van der Waals surface area contributed by atoms with Crippen molar-refractivity contribution in [1.29, 1.82) is 5.26 Å². The van der Waals surface area contributed by atoms with Crippen molar-refractivity contribution < 1.29 is 13.2 Å². The maximum absolute atomic E-state index is 14.2. The molecule has 1 N–H and O–H groups in total. The molecule has 0 atom stereocenters. The molecule has 10 nitrogen and oxygen atoms in total. The molecule has 0 aliphatic heterocycles. The molecule has 0 aliphatic carbocycles. The van der Waals surface area contributed by atoms with E-state index in [-0.39, 0.29) is 27.9 Å². The van der Waals surface area contributed by atoms with Gasteiger partial charge in [0.05, 0.1) is 40.2 Å². The van der Waals surface area contributed by atoms with E-state index >= 15 is 0 Å². The minimum Gasteiger partial charge on any atom is -0.324 e. The van der Waals surface area contributed by atoms with E-state index in [2.05, 4.69) is 20.4 Å². The number of hydrogen-bond donors (Lipinski definition) is 1. The topological polar surface area (TPSA) is 123 Å². The highest BCUT2D eigenvalue weighted by molar-refractivity contribution is 6.34. The van der Waals surface area contributed by atoms with Gasteiger partial charge in [0.2, 0.25) is 5.95 Å². The van der Waals surface area contributed by atoms with Crippen LogP contribution in [0.25, 0.3) is 16.6 Å². The van der Waals surface area contributed by atoms with E-state index in [1.54, 1.807) is 43.1 Å². The van der Waals surface area contributed by atoms with Gasteiger partial charge in [-0.1, -0.05) is 11.6 Å². The summed E-state index contributed by atoms with van der Waals surface area (Å²) < 4.78 is 45.2. The highest BCUT2D eigenvalue weighted by Crippen LogP contribution is 2.30. The smallest absolute Gasteiger partial charge is 0.324 e. The molecule has 0 bridgehead atoms. The number of nitriles is 1. The third-order valence-electron chi connectivity index (χ3n) is 6.06. The number of anilines is 2. The van der Waals surface area contributed by atoms with Gasteiger partial charge in [-0.05, 0) is 48.4 Å². The number of benzene rings is 2. The number of aromatic nitrogens is 6. The van der Waals surface area contributed by atoms with Crippen molar-refractivity contribution in [2.24, 2.45) is 7.05 Å². The Kier molecular flexibility index (Phi) is 6.87. The fraction of sp³-hybridized carbons (Fsp3) is 0.154. The normalized spacial score (nSPS) is 11.2. The molecule has 0 spiro atoms. The number of fused-ring (bicyclic) bond motifs is 1. The Morgan fingerprint density at radius 2 is 1.93 bits per heavy atom. The van der Waals surface area contributed by atoms with Crippen LogP contribution in [-0.2, 0) is 13.6 Å². The molecule has 14 heteroatoms. The standard InChI is InChI=1S/C26H18ClF3N8O2/c1-13-3-17(10-32-9-13)38-25(39)34-24(33-22-5-16-11-36(2)35-21(16)7-19(22)27)37(26(38)40)12-15-4-14(8-31)20(28)6-18(15)23(29)30/h3-7,9-11,23H,12H2,1-2H3,(H,33,34,39). The van der Waals surface area contributed by atoms with Crippen molar-refractivity contribution >= 4 is 34.1 Å². The molecular formula is C26H18ClF3N8O2. The summed E-state index contributed by atoms with van der Waals surface area (Å²) >= 11 is 6.43. The monoisotopic (exact) mass is 566 g/mol. The first kappa shape index (κ1) is 26.6. The average Bonchev–Trinajstić information content (AvgIpc) is 3.25. The van der Waals surface area contributed by atoms with Gasteiger partial charge in [-0.15, -0.1) is 0 Å². The highest BCUT2D eigenvalue weighted by Gasteiger charge is 2.22. The first-order valence-corrected chi connectivity index (χ1v) is 12.0. The molecule has 3 aromatic heterocycles. The predicted molar refractivity (Wildman–Crippen MR) is 141 cm³/mol. The molecule has 3 heterocycles. The van der Waals surface area contributed by atoms with Gasteiger partial charge in [0, 0.05) is 30.4 Å². The number of alkyl halides is 2. The Bertz CT molecular complexity index is 1960. The van der Waals surface area contributed by atoms with Crippen LogP contribution in [0.15, 0.2) is 58.5 Å². The predicted octanol–water partition coefficient (Wildman–Crippen LogP) is 4.38. The second-order valence-corrected chi connectivity index (χ2v) is 9.31. The van der Waals surface area contributed by atoms with Gasteiger partial charge in [-0.25, -0.2) is 27.3 Å². The first-order chi connectivity index (χ1) is 19.0. The van der Waals surface area contributed by atoms with Crippen molar-refractivity contribution in [2.75, 3.05) is 5.32 Å². The third-order valence-corrected chi connectivity index (χ3v) is 6.37. The molecular weight excluding hydrogens is 549 g/mol. The Hall–Kier alpha value is -4.96. The van der Waals surface area contributed by atoms with Crippen LogP contribution in [0.3, 0.4) is 0 Å². The molecule has 202 valence electrons. The minimum absolute atomic E-state index is 0.100. The summed E-state index contributed by atoms with van der Waals surface area (Å²) in [6.45, 7) is 1.12. The van der Waals surface area contributed by atoms with Crippen LogP contribution in [-0.4, -0.2) is 28.9 Å². The van der Waals surface area contributed by atoms with Crippen molar-refractivity contribution in [1.82, 2.24) is 28.9 Å². The van der Waals surface area contributed by atoms with Crippen molar-refractivity contribution in [3.05, 3.63) is 103 Å². The summed E-state index contributed by atoms with van der Waals surface area (Å²) in [5.74, 6) is -1.45. The first-order valence-electron chi connectivity index (χ1n) is 11.6. The number of hydrogen-bond acceptors (Lipinski definition) is 7. The highest BCUT2D eigenvalue weighted by atomic mass is 35.5. The molecule has 0 fully saturated rings. The number of nitrogens with one attached hydrogen (secondary N) is 1. The zero-order chi connectivity index (χ0) is 28.7. The van der Waals surface area contributed by atoms with Gasteiger partial charge in [-0.3, -0.25) is 14.2 Å². The molecule has 0 saturated heterocycles. The molecule has 0 saturated carbocycles. The van der Waals surface area contributed by atoms with E-state index in [0.29, 0.717) is 22.5 Å². The second-order valence-electron chi connectivity index (χ2n) is 8.90. The number of rotatable bonds is 6. The molecule has 0 radical (unpaired) electrons. The van der Waals surface area contributed by atoms with Crippen LogP contribution < -0.4 is 16.7 Å². The minimum atomic E-state index is -3.12. The fourth-order valence-electron chi connectivity index (χ4n) is 4.23. The van der Waals surface area contributed by atoms with Gasteiger partial charge in [0.1, 0.15) is 11.9 Å². The summed E-state index contributed by atoms with van der Waals surface area (Å²) in [5.41, 5.74) is -1.77. The molecule has 0 aliphatic rings. The zero-order valence-electron chi connectivity index (χ0n) is 20.9. The van der Waals surface area contributed by atoms with E-state index in [9.17, 15) is 28.0 Å². The van der Waals surface area contributed by atoms with Crippen LogP contribution in [0.4, 0.5) is 24.8 Å². The maximum Gasteiger partial charge on any atom is 0.359 e. The van der Waals surface area contributed by atoms with Crippen LogP contribution in [0.2, 0.25) is 5.02 Å². The van der Waals surface area contributed by atoms with Crippen molar-refractivity contribution in [3.8, 4) is 11.8 Å². The van der Waals surface area contributed by atoms with Crippen LogP contribution >= 0.6 is 11.6 Å². The van der Waals surface area contributed by atoms with Gasteiger partial charge in [0.25, 0.3) is 6.43 Å². The van der Waals surface area contributed by atoms with E-state index in [1.807, 2.05) is 0 Å². The lowest BCUT2D eigenvalue weighted by Gasteiger charge is -2.18. The summed E-state index contributed by atoms with van der Waals surface area (Å²) in [6.07, 6.45) is 1.39. The summed E-state index contributed by atoms with van der Waals surface area (Å²) in [6, 6.07) is 7.81. The Balaban J connectivity index is 1.73. The van der Waals surface area contributed by atoms with Crippen LogP contribution in [0, 0.1) is 24.1 Å². The Morgan fingerprint density at radius 1 is 1.15 bits per heavy atom. The van der Waals surface area contributed by atoms with Gasteiger partial charge in [0.15, 0.2) is 0 Å². The van der Waals surface area contributed by atoms with E-state index in [0.717, 1.165) is 15.2 Å². The molecule has 5 aromatic rings. The summed E-state index contributed by atoms with van der Waals surface area (Å²) in [4.78, 5) is 34.9. The maximum atomic E-state index is 14.2. The fourth-order valence-corrected chi connectivity index (χ4v) is 4.43. The lowest BCUT2D eigenvalue weighted by Crippen LogP contribution is -2.42. The average molecular weight is 567 g/mol. The molecule has 5 rings (SSSR count). The molecule has 40 heavy (non-hydrogen) atoms. The van der Waals surface area contributed by atoms with Crippen LogP contribution in [0.5, 0.6) is 0 Å². The van der Waals surface area contributed by atoms with E-state index < -0.39 is 41.3 Å². The van der Waals surface area contributed by atoms with Gasteiger partial charge in [-0.2, -0.15) is 15.3 Å². The third kappa shape index (κ3) is 4.92. The largest absolute Gasteiger partial charge is 0.359 e. The molecule has 2 aromatic carbocycles. The molecule has 0 amide bonds. The summed E-state index contributed by atoms with van der Waals surface area (Å²) in [5, 5.41) is 17.3. The number of aryl methyl sites for hydroxylation is 2. The zero-order valence-corrected chi connectivity index (χ0v) is 21.6. The summed E-state index contributed by atoms with van der Waals surface area (Å²) in [7, 11) is 1.72. The number of nitrogens with zero attached hydrogens (tertiary/aromatic N) is 7. The van der Waals surface area contributed by atoms with E-state index in [4.69, 9.17) is 11.6 Å². The van der Waals surface area contributed by atoms with Gasteiger partial charge < -0.3 is 5.32 Å². The Labute approximate surface area is 228 Å². The Morgan fingerprint density at radius 3 is 2.62 bits per heavy atom. The SMILES string of the molecule is Cc1cncc(-n2c(=O)nc(Nc3cc4cn(C)nc4cc3Cl)n(Cc3cc(C#N)c(F)cc3C(F)F)c2=O)c1.